The number of amides is 1. The van der Waals surface area contributed by atoms with Crippen molar-refractivity contribution in [2.75, 3.05) is 5.32 Å². The van der Waals surface area contributed by atoms with Gasteiger partial charge in [-0.1, -0.05) is 37.6 Å². The zero-order valence-corrected chi connectivity index (χ0v) is 14.4. The van der Waals surface area contributed by atoms with E-state index in [-0.39, 0.29) is 5.91 Å². The molecule has 0 unspecified atom stereocenters. The summed E-state index contributed by atoms with van der Waals surface area (Å²) < 4.78 is 5.61. The second-order valence-corrected chi connectivity index (χ2v) is 6.07. The molecule has 0 saturated heterocycles. The van der Waals surface area contributed by atoms with Gasteiger partial charge in [0, 0.05) is 10.7 Å². The molecule has 0 saturated carbocycles. The van der Waals surface area contributed by atoms with Gasteiger partial charge in [-0.15, -0.1) is 0 Å². The van der Waals surface area contributed by atoms with Gasteiger partial charge >= 0.3 is 0 Å². The fourth-order valence-corrected chi connectivity index (χ4v) is 2.27. The van der Waals surface area contributed by atoms with E-state index < -0.39 is 6.10 Å². The van der Waals surface area contributed by atoms with Crippen molar-refractivity contribution in [1.29, 1.82) is 0 Å². The Morgan fingerprint density at radius 1 is 1.09 bits per heavy atom. The number of rotatable bonds is 6. The summed E-state index contributed by atoms with van der Waals surface area (Å²) in [6.45, 7) is 6.07. The van der Waals surface area contributed by atoms with Crippen LogP contribution in [0, 0.1) is 0 Å². The Morgan fingerprint density at radius 2 is 1.70 bits per heavy atom. The van der Waals surface area contributed by atoms with Crippen LogP contribution in [0.15, 0.2) is 48.5 Å². The van der Waals surface area contributed by atoms with Crippen molar-refractivity contribution in [3.05, 3.63) is 59.1 Å². The molecule has 0 spiro atoms. The second-order valence-electron chi connectivity index (χ2n) is 5.63. The molecule has 0 aliphatic heterocycles. The summed E-state index contributed by atoms with van der Waals surface area (Å²) in [6.07, 6.45) is 0.503. The van der Waals surface area contributed by atoms with Gasteiger partial charge in [-0.2, -0.15) is 0 Å². The van der Waals surface area contributed by atoms with Gasteiger partial charge < -0.3 is 10.1 Å². The summed E-state index contributed by atoms with van der Waals surface area (Å²) in [7, 11) is 0. The Morgan fingerprint density at radius 3 is 2.26 bits per heavy atom. The number of hydrogen-bond donors (Lipinski definition) is 1. The Kier molecular flexibility index (Phi) is 6.05. The maximum Gasteiger partial charge on any atom is 0.265 e. The van der Waals surface area contributed by atoms with Crippen molar-refractivity contribution < 1.29 is 9.53 Å². The van der Waals surface area contributed by atoms with E-state index in [9.17, 15) is 4.79 Å². The monoisotopic (exact) mass is 331 g/mol. The van der Waals surface area contributed by atoms with Gasteiger partial charge in [0.25, 0.3) is 5.91 Å². The maximum atomic E-state index is 12.2. The molecule has 0 bridgehead atoms. The van der Waals surface area contributed by atoms with Crippen molar-refractivity contribution in [1.82, 2.24) is 0 Å². The van der Waals surface area contributed by atoms with Gasteiger partial charge in [0.1, 0.15) is 5.75 Å². The molecule has 2 aromatic carbocycles. The zero-order chi connectivity index (χ0) is 16.8. The number of anilines is 1. The van der Waals surface area contributed by atoms with E-state index in [4.69, 9.17) is 16.3 Å². The van der Waals surface area contributed by atoms with Crippen LogP contribution in [0.4, 0.5) is 5.69 Å². The van der Waals surface area contributed by atoms with Crippen molar-refractivity contribution in [3.8, 4) is 5.75 Å². The normalized spacial score (nSPS) is 13.2. The molecular weight excluding hydrogens is 310 g/mol. The number of carbonyl (C=O) groups excluding carboxylic acids is 1. The number of hydrogen-bond acceptors (Lipinski definition) is 2. The average molecular weight is 332 g/mol. The molecule has 0 radical (unpaired) electrons. The lowest BCUT2D eigenvalue weighted by Gasteiger charge is -2.15. The molecule has 0 fully saturated rings. The molecule has 2 atom stereocenters. The molecule has 2 aromatic rings. The Labute approximate surface area is 142 Å². The largest absolute Gasteiger partial charge is 0.481 e. The number of carbonyl (C=O) groups is 1. The molecule has 122 valence electrons. The van der Waals surface area contributed by atoms with Crippen LogP contribution >= 0.6 is 11.6 Å². The van der Waals surface area contributed by atoms with Crippen LogP contribution in [0.2, 0.25) is 5.02 Å². The lowest BCUT2D eigenvalue weighted by atomic mass is 9.99. The van der Waals surface area contributed by atoms with E-state index in [2.05, 4.69) is 31.3 Å². The minimum Gasteiger partial charge on any atom is -0.481 e. The highest BCUT2D eigenvalue weighted by molar-refractivity contribution is 6.30. The first-order valence-electron chi connectivity index (χ1n) is 7.82. The van der Waals surface area contributed by atoms with Crippen molar-refractivity contribution in [2.24, 2.45) is 0 Å². The van der Waals surface area contributed by atoms with Crippen LogP contribution in [0.25, 0.3) is 0 Å². The number of nitrogens with one attached hydrogen (secondary N) is 1. The van der Waals surface area contributed by atoms with E-state index >= 15 is 0 Å². The molecule has 1 amide bonds. The van der Waals surface area contributed by atoms with E-state index in [0.717, 1.165) is 12.1 Å². The van der Waals surface area contributed by atoms with Crippen molar-refractivity contribution in [2.45, 2.75) is 39.2 Å². The summed E-state index contributed by atoms with van der Waals surface area (Å²) in [6, 6.07) is 14.9. The molecule has 0 aliphatic rings. The average Bonchev–Trinajstić information content (AvgIpc) is 2.56. The van der Waals surface area contributed by atoms with Gasteiger partial charge in [0.05, 0.1) is 0 Å². The highest BCUT2D eigenvalue weighted by Crippen LogP contribution is 2.21. The summed E-state index contributed by atoms with van der Waals surface area (Å²) in [4.78, 5) is 12.2. The molecule has 4 heteroatoms. The van der Waals surface area contributed by atoms with Gasteiger partial charge in [0.15, 0.2) is 6.10 Å². The van der Waals surface area contributed by atoms with E-state index in [1.165, 1.54) is 5.56 Å². The predicted octanol–water partition coefficient (Wildman–Crippen LogP) is 5.26. The zero-order valence-electron chi connectivity index (χ0n) is 13.7. The second kappa shape index (κ2) is 8.02. The van der Waals surface area contributed by atoms with Crippen LogP contribution in [0.1, 0.15) is 38.7 Å². The minimum absolute atomic E-state index is 0.184. The molecule has 1 N–H and O–H groups in total. The van der Waals surface area contributed by atoms with Crippen LogP contribution in [0.5, 0.6) is 5.75 Å². The molecule has 0 aliphatic carbocycles. The molecular formula is C19H22ClNO2. The first-order chi connectivity index (χ1) is 11.0. The first-order valence-corrected chi connectivity index (χ1v) is 8.20. The lowest BCUT2D eigenvalue weighted by Crippen LogP contribution is -2.30. The summed E-state index contributed by atoms with van der Waals surface area (Å²) in [5.74, 6) is 0.951. The van der Waals surface area contributed by atoms with Crippen molar-refractivity contribution in [3.63, 3.8) is 0 Å². The highest BCUT2D eigenvalue weighted by Gasteiger charge is 2.15. The van der Waals surface area contributed by atoms with Gasteiger partial charge in [-0.05, 0) is 61.2 Å². The topological polar surface area (TPSA) is 38.3 Å². The van der Waals surface area contributed by atoms with E-state index in [0.29, 0.717) is 16.7 Å². The van der Waals surface area contributed by atoms with E-state index in [1.807, 2.05) is 12.1 Å². The number of ether oxygens (including phenoxy) is 1. The summed E-state index contributed by atoms with van der Waals surface area (Å²) in [5, 5.41) is 3.50. The maximum absolute atomic E-state index is 12.2. The Balaban J connectivity index is 1.93. The molecule has 0 heterocycles. The van der Waals surface area contributed by atoms with Gasteiger partial charge in [0.2, 0.25) is 0 Å². The first kappa shape index (κ1) is 17.4. The van der Waals surface area contributed by atoms with Crippen LogP contribution in [0.3, 0.4) is 0 Å². The summed E-state index contributed by atoms with van der Waals surface area (Å²) in [5.41, 5.74) is 2.05. The SMILES string of the molecule is CC[C@@H](C)c1ccc(NC(=O)[C@H](C)Oc2ccc(Cl)cc2)cc1. The molecule has 23 heavy (non-hydrogen) atoms. The fraction of sp³-hybridized carbons (Fsp3) is 0.316. The smallest absolute Gasteiger partial charge is 0.265 e. The molecule has 3 nitrogen and oxygen atoms in total. The number of halogens is 1. The summed E-state index contributed by atoms with van der Waals surface area (Å²) >= 11 is 5.83. The third-order valence-electron chi connectivity index (χ3n) is 3.86. The van der Waals surface area contributed by atoms with Crippen LogP contribution < -0.4 is 10.1 Å². The quantitative estimate of drug-likeness (QED) is 0.784. The van der Waals surface area contributed by atoms with Gasteiger partial charge in [-0.25, -0.2) is 0 Å². The third-order valence-corrected chi connectivity index (χ3v) is 4.11. The highest BCUT2D eigenvalue weighted by atomic mass is 35.5. The fourth-order valence-electron chi connectivity index (χ4n) is 2.15. The lowest BCUT2D eigenvalue weighted by molar-refractivity contribution is -0.122. The Hall–Kier alpha value is -2.00. The molecule has 2 rings (SSSR count). The van der Waals surface area contributed by atoms with Crippen LogP contribution in [-0.2, 0) is 4.79 Å². The minimum atomic E-state index is -0.592. The van der Waals surface area contributed by atoms with Crippen LogP contribution in [-0.4, -0.2) is 12.0 Å². The van der Waals surface area contributed by atoms with Crippen molar-refractivity contribution >= 4 is 23.2 Å². The Bertz CT molecular complexity index is 637. The predicted molar refractivity (Wildman–Crippen MR) is 95.3 cm³/mol. The standard InChI is InChI=1S/C19H22ClNO2/c1-4-13(2)15-5-9-17(10-6-15)21-19(22)14(3)23-18-11-7-16(20)8-12-18/h5-14H,4H2,1-3H3,(H,21,22)/t13-,14+/m1/s1. The number of benzene rings is 2. The van der Waals surface area contributed by atoms with Gasteiger partial charge in [-0.3, -0.25) is 4.79 Å². The van der Waals surface area contributed by atoms with E-state index in [1.54, 1.807) is 31.2 Å². The molecule has 0 aromatic heterocycles. The third kappa shape index (κ3) is 5.00.